The zero-order valence-corrected chi connectivity index (χ0v) is 24.9. The lowest BCUT2D eigenvalue weighted by atomic mass is 10.1. The monoisotopic (exact) mass is 623 g/mol. The van der Waals surface area contributed by atoms with Gasteiger partial charge in [0.2, 0.25) is 5.91 Å². The van der Waals surface area contributed by atoms with Gasteiger partial charge in [0, 0.05) is 23.8 Å². The highest BCUT2D eigenvalue weighted by Crippen LogP contribution is 2.20. The summed E-state index contributed by atoms with van der Waals surface area (Å²) in [7, 11) is -3.93. The Morgan fingerprint density at radius 1 is 0.884 bits per heavy atom. The number of ether oxygens (including phenoxy) is 1. The molecule has 0 saturated heterocycles. The normalized spacial score (nSPS) is 11.8. The van der Waals surface area contributed by atoms with Crippen molar-refractivity contribution in [3.8, 4) is 5.75 Å². The minimum Gasteiger partial charge on any atom is -0.484 e. The molecule has 0 bridgehead atoms. The molecule has 0 heterocycles. The summed E-state index contributed by atoms with van der Waals surface area (Å²) in [4.78, 5) is 27.8. The van der Waals surface area contributed by atoms with Crippen LogP contribution >= 0.6 is 11.6 Å². The predicted octanol–water partition coefficient (Wildman–Crippen LogP) is 5.43. The molecule has 0 unspecified atom stereocenters. The Balaban J connectivity index is 1.39. The number of anilines is 1. The van der Waals surface area contributed by atoms with Crippen molar-refractivity contribution in [2.45, 2.75) is 30.8 Å². The molecule has 4 aromatic carbocycles. The summed E-state index contributed by atoms with van der Waals surface area (Å²) in [6.45, 7) is 1.84. The maximum atomic E-state index is 13.3. The average Bonchev–Trinajstić information content (AvgIpc) is 3.01. The van der Waals surface area contributed by atoms with Crippen LogP contribution in [-0.2, 0) is 32.6 Å². The fourth-order valence-electron chi connectivity index (χ4n) is 4.17. The second-order valence-electron chi connectivity index (χ2n) is 9.72. The summed E-state index contributed by atoms with van der Waals surface area (Å²) in [6.07, 6.45) is 0.651. The highest BCUT2D eigenvalue weighted by atomic mass is 35.5. The molecule has 2 amide bonds. The van der Waals surface area contributed by atoms with E-state index in [0.29, 0.717) is 18.0 Å². The summed E-state index contributed by atoms with van der Waals surface area (Å²) in [5.41, 5.74) is 2.08. The first-order valence-corrected chi connectivity index (χ1v) is 15.3. The molecule has 224 valence electrons. The van der Waals surface area contributed by atoms with Crippen LogP contribution < -0.4 is 14.8 Å². The van der Waals surface area contributed by atoms with E-state index >= 15 is 0 Å². The van der Waals surface area contributed by atoms with Crippen molar-refractivity contribution in [3.63, 3.8) is 0 Å². The molecule has 0 aliphatic rings. The number of nitrogens with zero attached hydrogens (tertiary/aromatic N) is 1. The number of rotatable bonds is 13. The molecule has 0 saturated carbocycles. The molecule has 11 heteroatoms. The van der Waals surface area contributed by atoms with Crippen LogP contribution in [-0.4, -0.2) is 44.3 Å². The molecule has 0 fully saturated rings. The summed E-state index contributed by atoms with van der Waals surface area (Å²) < 4.78 is 46.6. The molecule has 1 atom stereocenters. The van der Waals surface area contributed by atoms with Gasteiger partial charge < -0.3 is 15.0 Å². The molecular weight excluding hydrogens is 593 g/mol. The number of sulfonamides is 1. The van der Waals surface area contributed by atoms with Crippen molar-refractivity contribution in [2.75, 3.05) is 17.9 Å². The van der Waals surface area contributed by atoms with Crippen molar-refractivity contribution in [1.82, 2.24) is 10.2 Å². The number of benzene rings is 4. The highest BCUT2D eigenvalue weighted by molar-refractivity contribution is 7.92. The molecule has 0 aliphatic heterocycles. The average molecular weight is 624 g/mol. The largest absolute Gasteiger partial charge is 0.484 e. The van der Waals surface area contributed by atoms with Crippen LogP contribution in [0.15, 0.2) is 108 Å². The first kappa shape index (κ1) is 31.5. The van der Waals surface area contributed by atoms with Crippen LogP contribution in [0.5, 0.6) is 5.75 Å². The van der Waals surface area contributed by atoms with Gasteiger partial charge in [0.15, 0.2) is 6.61 Å². The van der Waals surface area contributed by atoms with Gasteiger partial charge in [-0.2, -0.15) is 0 Å². The van der Waals surface area contributed by atoms with Gasteiger partial charge in [-0.3, -0.25) is 14.3 Å². The first-order chi connectivity index (χ1) is 20.6. The quantitative estimate of drug-likeness (QED) is 0.207. The van der Waals surface area contributed by atoms with Crippen LogP contribution in [0.25, 0.3) is 0 Å². The Bertz CT molecular complexity index is 1620. The van der Waals surface area contributed by atoms with Crippen molar-refractivity contribution in [3.05, 3.63) is 125 Å². The first-order valence-electron chi connectivity index (χ1n) is 13.5. The molecule has 4 aromatic rings. The number of nitrogens with one attached hydrogen (secondary N) is 2. The summed E-state index contributed by atoms with van der Waals surface area (Å²) in [5.74, 6) is -0.957. The zero-order valence-electron chi connectivity index (χ0n) is 23.4. The standard InChI is InChI=1S/C32H31ClFN3O5S/c1-23(32(39)35-20-19-24-5-3-2-4-6-24)37(21-25-7-9-26(33)10-8-25)31(38)22-42-29-15-17-30(18-16-29)43(40,41)36-28-13-11-27(34)12-14-28/h2-18,23,36H,19-22H2,1H3,(H,35,39)/t23-/m0/s1. The van der Waals surface area contributed by atoms with Crippen LogP contribution in [0.3, 0.4) is 0 Å². The van der Waals surface area contributed by atoms with E-state index in [0.717, 1.165) is 23.3 Å². The van der Waals surface area contributed by atoms with E-state index in [1.54, 1.807) is 31.2 Å². The number of hydrogen-bond acceptors (Lipinski definition) is 5. The molecule has 4 rings (SSSR count). The molecule has 43 heavy (non-hydrogen) atoms. The van der Waals surface area contributed by atoms with Crippen LogP contribution in [0, 0.1) is 5.82 Å². The van der Waals surface area contributed by atoms with Gasteiger partial charge in [-0.15, -0.1) is 0 Å². The fraction of sp³-hybridized carbons (Fsp3) is 0.188. The van der Waals surface area contributed by atoms with Crippen molar-refractivity contribution in [2.24, 2.45) is 0 Å². The smallest absolute Gasteiger partial charge is 0.261 e. The van der Waals surface area contributed by atoms with Crippen molar-refractivity contribution >= 4 is 39.1 Å². The molecule has 0 aromatic heterocycles. The van der Waals surface area contributed by atoms with E-state index in [9.17, 15) is 22.4 Å². The van der Waals surface area contributed by atoms with Crippen molar-refractivity contribution < 1.29 is 27.1 Å². The van der Waals surface area contributed by atoms with E-state index in [1.807, 2.05) is 30.3 Å². The van der Waals surface area contributed by atoms with E-state index in [4.69, 9.17) is 16.3 Å². The molecule has 8 nitrogen and oxygen atoms in total. The highest BCUT2D eigenvalue weighted by Gasteiger charge is 2.26. The van der Waals surface area contributed by atoms with Gasteiger partial charge in [0.1, 0.15) is 17.6 Å². The Morgan fingerprint density at radius 3 is 2.19 bits per heavy atom. The number of hydrogen-bond donors (Lipinski definition) is 2. The lowest BCUT2D eigenvalue weighted by Crippen LogP contribution is -2.49. The summed E-state index contributed by atoms with van der Waals surface area (Å²) >= 11 is 6.01. The van der Waals surface area contributed by atoms with Gasteiger partial charge in [0.25, 0.3) is 15.9 Å². The van der Waals surface area contributed by atoms with E-state index in [1.165, 1.54) is 41.3 Å². The number of carbonyl (C=O) groups excluding carboxylic acids is 2. The second-order valence-corrected chi connectivity index (χ2v) is 11.8. The molecule has 0 radical (unpaired) electrons. The lowest BCUT2D eigenvalue weighted by molar-refractivity contribution is -0.142. The number of amides is 2. The number of carbonyl (C=O) groups is 2. The van der Waals surface area contributed by atoms with Gasteiger partial charge >= 0.3 is 0 Å². The third kappa shape index (κ3) is 9.29. The molecule has 0 aliphatic carbocycles. The third-order valence-corrected chi connectivity index (χ3v) is 8.23. The maximum Gasteiger partial charge on any atom is 0.261 e. The van der Waals surface area contributed by atoms with Crippen LogP contribution in [0.1, 0.15) is 18.1 Å². The van der Waals surface area contributed by atoms with Gasteiger partial charge in [-0.25, -0.2) is 12.8 Å². The molecule has 0 spiro atoms. The summed E-state index contributed by atoms with van der Waals surface area (Å²) in [5, 5.41) is 3.45. The Kier molecular flexibility index (Phi) is 10.7. The Labute approximate surface area is 255 Å². The fourth-order valence-corrected chi connectivity index (χ4v) is 5.35. The van der Waals surface area contributed by atoms with Crippen molar-refractivity contribution in [1.29, 1.82) is 0 Å². The summed E-state index contributed by atoms with van der Waals surface area (Å²) in [6, 6.07) is 26.4. The van der Waals surface area contributed by atoms with Crippen LogP contribution in [0.2, 0.25) is 5.02 Å². The predicted molar refractivity (Wildman–Crippen MR) is 164 cm³/mol. The van der Waals surface area contributed by atoms with Gasteiger partial charge in [-0.05, 0) is 85.1 Å². The van der Waals surface area contributed by atoms with E-state index in [-0.39, 0.29) is 35.4 Å². The van der Waals surface area contributed by atoms with Gasteiger partial charge in [-0.1, -0.05) is 54.1 Å². The lowest BCUT2D eigenvalue weighted by Gasteiger charge is -2.28. The maximum absolute atomic E-state index is 13.3. The molecular formula is C32H31ClFN3O5S. The van der Waals surface area contributed by atoms with Gasteiger partial charge in [0.05, 0.1) is 4.90 Å². The Morgan fingerprint density at radius 2 is 1.53 bits per heavy atom. The topological polar surface area (TPSA) is 105 Å². The SMILES string of the molecule is C[C@@H](C(=O)NCCc1ccccc1)N(Cc1ccc(Cl)cc1)C(=O)COc1ccc(S(=O)(=O)Nc2ccc(F)cc2)cc1. The number of halogens is 2. The van der Waals surface area contributed by atoms with E-state index < -0.39 is 27.8 Å². The van der Waals surface area contributed by atoms with Crippen LogP contribution in [0.4, 0.5) is 10.1 Å². The molecule has 2 N–H and O–H groups in total. The third-order valence-electron chi connectivity index (χ3n) is 6.58. The zero-order chi connectivity index (χ0) is 30.8. The minimum absolute atomic E-state index is 0.0411. The van der Waals surface area contributed by atoms with E-state index in [2.05, 4.69) is 10.0 Å². The minimum atomic E-state index is -3.93. The Hall–Kier alpha value is -4.41. The second kappa shape index (κ2) is 14.7.